The predicted octanol–water partition coefficient (Wildman–Crippen LogP) is 2.89. The van der Waals surface area contributed by atoms with Gasteiger partial charge in [0.2, 0.25) is 0 Å². The number of halogens is 1. The van der Waals surface area contributed by atoms with Crippen LogP contribution in [-0.4, -0.2) is 17.4 Å². The molecule has 0 saturated carbocycles. The lowest BCUT2D eigenvalue weighted by molar-refractivity contribution is -0.143. The summed E-state index contributed by atoms with van der Waals surface area (Å²) in [5, 5.41) is 0. The molecule has 2 nitrogen and oxygen atoms in total. The van der Waals surface area contributed by atoms with E-state index in [1.54, 1.807) is 0 Å². The van der Waals surface area contributed by atoms with E-state index in [1.807, 2.05) is 0 Å². The van der Waals surface area contributed by atoms with E-state index < -0.39 is 4.32 Å². The first-order valence-electron chi connectivity index (χ1n) is 4.38. The second-order valence-electron chi connectivity index (χ2n) is 2.96. The third kappa shape index (κ3) is 3.13. The van der Waals surface area contributed by atoms with E-state index in [0.29, 0.717) is 0 Å². The van der Waals surface area contributed by atoms with Crippen molar-refractivity contribution in [3.8, 4) is 0 Å². The van der Waals surface area contributed by atoms with Gasteiger partial charge in [-0.15, -0.1) is 0 Å². The molecule has 0 aromatic rings. The third-order valence-corrected chi connectivity index (χ3v) is 2.96. The normalized spacial score (nSPS) is 11.3. The Hall–Kier alpha value is -0.0500. The summed E-state index contributed by atoms with van der Waals surface area (Å²) in [6.45, 7) is 4.13. The van der Waals surface area contributed by atoms with Gasteiger partial charge in [-0.2, -0.15) is 0 Å². The molecule has 0 amide bonds. The predicted molar refractivity (Wildman–Crippen MR) is 53.5 cm³/mol. The van der Waals surface area contributed by atoms with Crippen molar-refractivity contribution in [1.82, 2.24) is 0 Å². The van der Waals surface area contributed by atoms with E-state index in [9.17, 15) is 4.79 Å². The van der Waals surface area contributed by atoms with E-state index in [1.165, 1.54) is 7.11 Å². The van der Waals surface area contributed by atoms with Gasteiger partial charge in [0.15, 0.2) is 0 Å². The maximum atomic E-state index is 11.3. The monoisotopic (exact) mass is 236 g/mol. The molecule has 0 spiro atoms. The van der Waals surface area contributed by atoms with Crippen molar-refractivity contribution >= 4 is 21.9 Å². The highest BCUT2D eigenvalue weighted by atomic mass is 79.9. The zero-order valence-electron chi connectivity index (χ0n) is 8.02. The van der Waals surface area contributed by atoms with Crippen molar-refractivity contribution in [2.24, 2.45) is 0 Å². The van der Waals surface area contributed by atoms with Crippen LogP contribution in [0.25, 0.3) is 0 Å². The zero-order valence-corrected chi connectivity index (χ0v) is 9.61. The van der Waals surface area contributed by atoms with Crippen LogP contribution in [0.1, 0.15) is 39.5 Å². The van der Waals surface area contributed by atoms with Crippen LogP contribution >= 0.6 is 15.9 Å². The molecule has 0 unspecified atom stereocenters. The first kappa shape index (κ1) is 11.9. The quantitative estimate of drug-likeness (QED) is 0.542. The lowest BCUT2D eigenvalue weighted by Gasteiger charge is -2.23. The summed E-state index contributed by atoms with van der Waals surface area (Å²) < 4.78 is 4.30. The number of methoxy groups -OCH3 is 1. The Labute approximate surface area is 82.8 Å². The van der Waals surface area contributed by atoms with E-state index in [-0.39, 0.29) is 5.97 Å². The van der Waals surface area contributed by atoms with Crippen molar-refractivity contribution in [3.05, 3.63) is 0 Å². The summed E-state index contributed by atoms with van der Waals surface area (Å²) in [5.74, 6) is -0.147. The smallest absolute Gasteiger partial charge is 0.322 e. The van der Waals surface area contributed by atoms with E-state index >= 15 is 0 Å². The summed E-state index contributed by atoms with van der Waals surface area (Å²) in [4.78, 5) is 11.3. The maximum absolute atomic E-state index is 11.3. The fraction of sp³-hybridized carbons (Fsp3) is 0.889. The molecule has 72 valence electrons. The molecule has 0 N–H and O–H groups in total. The molecule has 3 heteroatoms. The molecule has 0 fully saturated rings. The van der Waals surface area contributed by atoms with Gasteiger partial charge < -0.3 is 4.74 Å². The van der Waals surface area contributed by atoms with Crippen molar-refractivity contribution in [3.63, 3.8) is 0 Å². The van der Waals surface area contributed by atoms with E-state index in [0.717, 1.165) is 25.7 Å². The van der Waals surface area contributed by atoms with Gasteiger partial charge in [-0.05, 0) is 12.8 Å². The SMILES string of the molecule is CCCC(Br)(CCC)C(=O)OC. The van der Waals surface area contributed by atoms with Gasteiger partial charge in [0, 0.05) is 0 Å². The number of hydrogen-bond acceptors (Lipinski definition) is 2. The average Bonchev–Trinajstić information content (AvgIpc) is 2.04. The van der Waals surface area contributed by atoms with Crippen LogP contribution in [-0.2, 0) is 9.53 Å². The molecular weight excluding hydrogens is 220 g/mol. The second kappa shape index (κ2) is 5.57. The molecular formula is C9H17BrO2. The minimum absolute atomic E-state index is 0.147. The largest absolute Gasteiger partial charge is 0.468 e. The maximum Gasteiger partial charge on any atom is 0.322 e. The van der Waals surface area contributed by atoms with Gasteiger partial charge >= 0.3 is 5.97 Å². The number of carbonyl (C=O) groups excluding carboxylic acids is 1. The Morgan fingerprint density at radius 2 is 1.75 bits per heavy atom. The Morgan fingerprint density at radius 3 is 2.00 bits per heavy atom. The molecule has 0 aliphatic carbocycles. The number of ether oxygens (including phenoxy) is 1. The van der Waals surface area contributed by atoms with Gasteiger partial charge in [-0.1, -0.05) is 42.6 Å². The van der Waals surface area contributed by atoms with Gasteiger partial charge in [0.05, 0.1) is 7.11 Å². The summed E-state index contributed by atoms with van der Waals surface area (Å²) in [7, 11) is 1.43. The molecule has 0 heterocycles. The average molecular weight is 237 g/mol. The molecule has 0 atom stereocenters. The van der Waals surface area contributed by atoms with Crippen LogP contribution in [0.3, 0.4) is 0 Å². The molecule has 12 heavy (non-hydrogen) atoms. The molecule has 0 bridgehead atoms. The minimum atomic E-state index is -0.439. The van der Waals surface area contributed by atoms with Gasteiger partial charge in [-0.25, -0.2) is 0 Å². The van der Waals surface area contributed by atoms with Crippen molar-refractivity contribution in [2.45, 2.75) is 43.9 Å². The fourth-order valence-electron chi connectivity index (χ4n) is 1.30. The summed E-state index contributed by atoms with van der Waals surface area (Å²) in [6, 6.07) is 0. The fourth-order valence-corrected chi connectivity index (χ4v) is 2.26. The first-order chi connectivity index (χ1) is 5.60. The minimum Gasteiger partial charge on any atom is -0.468 e. The highest BCUT2D eigenvalue weighted by Crippen LogP contribution is 2.30. The molecule has 0 saturated heterocycles. The summed E-state index contributed by atoms with van der Waals surface area (Å²) >= 11 is 3.46. The van der Waals surface area contributed by atoms with Gasteiger partial charge in [0.25, 0.3) is 0 Å². The van der Waals surface area contributed by atoms with Crippen LogP contribution in [0.2, 0.25) is 0 Å². The lowest BCUT2D eigenvalue weighted by atomic mass is 9.98. The van der Waals surface area contributed by atoms with Crippen molar-refractivity contribution < 1.29 is 9.53 Å². The lowest BCUT2D eigenvalue weighted by Crippen LogP contribution is -2.32. The molecule has 0 aromatic carbocycles. The van der Waals surface area contributed by atoms with Crippen LogP contribution in [0.5, 0.6) is 0 Å². The first-order valence-corrected chi connectivity index (χ1v) is 5.17. The highest BCUT2D eigenvalue weighted by Gasteiger charge is 2.34. The van der Waals surface area contributed by atoms with Crippen LogP contribution in [0, 0.1) is 0 Å². The number of esters is 1. The van der Waals surface area contributed by atoms with Gasteiger partial charge in [-0.3, -0.25) is 4.79 Å². The number of carbonyl (C=O) groups is 1. The van der Waals surface area contributed by atoms with Crippen LogP contribution in [0.15, 0.2) is 0 Å². The Morgan fingerprint density at radius 1 is 1.33 bits per heavy atom. The van der Waals surface area contributed by atoms with Crippen molar-refractivity contribution in [1.29, 1.82) is 0 Å². The third-order valence-electron chi connectivity index (χ3n) is 1.84. The second-order valence-corrected chi connectivity index (χ2v) is 4.47. The van der Waals surface area contributed by atoms with E-state index in [4.69, 9.17) is 4.74 Å². The topological polar surface area (TPSA) is 26.3 Å². The Kier molecular flexibility index (Phi) is 5.55. The van der Waals surface area contributed by atoms with Crippen molar-refractivity contribution in [2.75, 3.05) is 7.11 Å². The summed E-state index contributed by atoms with van der Waals surface area (Å²) in [6.07, 6.45) is 3.65. The number of rotatable bonds is 5. The molecule has 0 aliphatic rings. The standard InChI is InChI=1S/C9H17BrO2/c1-4-6-9(10,7-5-2)8(11)12-3/h4-7H2,1-3H3. The molecule has 0 radical (unpaired) electrons. The molecule has 0 aliphatic heterocycles. The number of alkyl halides is 1. The van der Waals surface area contributed by atoms with Crippen LogP contribution in [0.4, 0.5) is 0 Å². The van der Waals surface area contributed by atoms with Gasteiger partial charge in [0.1, 0.15) is 4.32 Å². The Balaban J connectivity index is 4.26. The summed E-state index contributed by atoms with van der Waals surface area (Å²) in [5.41, 5.74) is 0. The molecule has 0 rings (SSSR count). The number of hydrogen-bond donors (Lipinski definition) is 0. The zero-order chi connectivity index (χ0) is 9.61. The molecule has 0 aromatic heterocycles. The van der Waals surface area contributed by atoms with Crippen LogP contribution < -0.4 is 0 Å². The van der Waals surface area contributed by atoms with E-state index in [2.05, 4.69) is 29.8 Å². The highest BCUT2D eigenvalue weighted by molar-refractivity contribution is 9.10. The Bertz CT molecular complexity index is 139.